The molecule has 0 saturated carbocycles. The molecule has 0 aliphatic rings. The third-order valence-electron chi connectivity index (χ3n) is 3.88. The Morgan fingerprint density at radius 1 is 1.33 bits per heavy atom. The van der Waals surface area contributed by atoms with Gasteiger partial charge in [0, 0.05) is 12.6 Å². The molecule has 0 unspecified atom stereocenters. The number of benzene rings is 1. The molecule has 1 aromatic heterocycles. The molecule has 130 valence electrons. The topological polar surface area (TPSA) is 78.3 Å². The van der Waals surface area contributed by atoms with Crippen molar-refractivity contribution < 1.29 is 17.9 Å². The van der Waals surface area contributed by atoms with Crippen LogP contribution < -0.4 is 4.74 Å². The average molecular weight is 371 g/mol. The number of methoxy groups -OCH3 is 1. The SMILES string of the molecule is CCS(=O)(=O)c1c(C)cc(C(=O)c2cnn(C)c2OC)c(Cl)c1C. The number of hydrogen-bond donors (Lipinski definition) is 0. The highest BCUT2D eigenvalue weighted by Crippen LogP contribution is 2.33. The summed E-state index contributed by atoms with van der Waals surface area (Å²) in [5.41, 5.74) is 1.37. The van der Waals surface area contributed by atoms with Gasteiger partial charge in [-0.2, -0.15) is 5.10 Å². The number of ketones is 1. The zero-order valence-corrected chi connectivity index (χ0v) is 15.7. The van der Waals surface area contributed by atoms with Crippen LogP contribution in [-0.4, -0.2) is 36.8 Å². The summed E-state index contributed by atoms with van der Waals surface area (Å²) in [7, 11) is -0.330. The second-order valence-corrected chi connectivity index (χ2v) is 8.03. The first-order valence-electron chi connectivity index (χ1n) is 7.28. The summed E-state index contributed by atoms with van der Waals surface area (Å²) in [6, 6.07) is 1.51. The van der Waals surface area contributed by atoms with Gasteiger partial charge in [-0.05, 0) is 31.0 Å². The number of sulfone groups is 1. The Bertz CT molecular complexity index is 917. The Morgan fingerprint density at radius 2 is 1.96 bits per heavy atom. The Hall–Kier alpha value is -1.86. The van der Waals surface area contributed by atoms with E-state index in [1.54, 1.807) is 27.8 Å². The first kappa shape index (κ1) is 18.5. The molecule has 0 saturated heterocycles. The third kappa shape index (κ3) is 2.93. The van der Waals surface area contributed by atoms with Crippen molar-refractivity contribution in [3.8, 4) is 5.88 Å². The standard InChI is InChI=1S/C16H19ClN2O4S/c1-6-24(21,22)15-9(2)7-11(13(17)10(15)3)14(20)12-8-18-19(4)16(12)23-5/h7-8H,6H2,1-5H3. The average Bonchev–Trinajstić information content (AvgIpc) is 2.90. The normalized spacial score (nSPS) is 11.6. The van der Waals surface area contributed by atoms with E-state index in [-0.39, 0.29) is 32.6 Å². The van der Waals surface area contributed by atoms with Crippen LogP contribution in [-0.2, 0) is 16.9 Å². The number of carbonyl (C=O) groups excluding carboxylic acids is 1. The lowest BCUT2D eigenvalue weighted by atomic mass is 10.0. The van der Waals surface area contributed by atoms with Gasteiger partial charge in [-0.3, -0.25) is 4.79 Å². The van der Waals surface area contributed by atoms with E-state index in [1.165, 1.54) is 24.1 Å². The van der Waals surface area contributed by atoms with E-state index >= 15 is 0 Å². The van der Waals surface area contributed by atoms with Gasteiger partial charge in [-0.25, -0.2) is 13.1 Å². The van der Waals surface area contributed by atoms with Crippen molar-refractivity contribution in [1.29, 1.82) is 0 Å². The molecule has 24 heavy (non-hydrogen) atoms. The van der Waals surface area contributed by atoms with E-state index in [2.05, 4.69) is 5.10 Å². The number of carbonyl (C=O) groups is 1. The fraction of sp³-hybridized carbons (Fsp3) is 0.375. The summed E-state index contributed by atoms with van der Waals surface area (Å²) >= 11 is 6.33. The molecule has 8 heteroatoms. The highest BCUT2D eigenvalue weighted by atomic mass is 35.5. The Morgan fingerprint density at radius 3 is 2.50 bits per heavy atom. The summed E-state index contributed by atoms with van der Waals surface area (Å²) in [5.74, 6) is -0.0809. The van der Waals surface area contributed by atoms with Gasteiger partial charge in [0.1, 0.15) is 5.56 Å². The highest BCUT2D eigenvalue weighted by Gasteiger charge is 2.26. The summed E-state index contributed by atoms with van der Waals surface area (Å²) in [6.45, 7) is 4.83. The highest BCUT2D eigenvalue weighted by molar-refractivity contribution is 7.91. The van der Waals surface area contributed by atoms with Gasteiger partial charge in [-0.15, -0.1) is 0 Å². The maximum atomic E-state index is 12.8. The molecule has 0 aliphatic heterocycles. The first-order chi connectivity index (χ1) is 11.2. The molecular formula is C16H19ClN2O4S. The van der Waals surface area contributed by atoms with Gasteiger partial charge >= 0.3 is 0 Å². The van der Waals surface area contributed by atoms with Crippen molar-refractivity contribution in [3.63, 3.8) is 0 Å². The summed E-state index contributed by atoms with van der Waals surface area (Å²) < 4.78 is 31.2. The number of ether oxygens (including phenoxy) is 1. The van der Waals surface area contributed by atoms with E-state index in [0.717, 1.165) is 0 Å². The number of halogens is 1. The van der Waals surface area contributed by atoms with Gasteiger partial charge in [0.15, 0.2) is 9.84 Å². The lowest BCUT2D eigenvalue weighted by Crippen LogP contribution is -2.12. The van der Waals surface area contributed by atoms with E-state index in [9.17, 15) is 13.2 Å². The Kier molecular flexibility index (Phi) is 5.05. The minimum atomic E-state index is -3.43. The van der Waals surface area contributed by atoms with Crippen LogP contribution in [0.15, 0.2) is 17.2 Å². The van der Waals surface area contributed by atoms with Crippen molar-refractivity contribution >= 4 is 27.2 Å². The first-order valence-corrected chi connectivity index (χ1v) is 9.31. The van der Waals surface area contributed by atoms with Crippen molar-refractivity contribution in [3.05, 3.63) is 39.5 Å². The zero-order valence-electron chi connectivity index (χ0n) is 14.2. The second-order valence-electron chi connectivity index (χ2n) is 5.43. The van der Waals surface area contributed by atoms with E-state index < -0.39 is 9.84 Å². The monoisotopic (exact) mass is 370 g/mol. The molecule has 0 bridgehead atoms. The van der Waals surface area contributed by atoms with Crippen LogP contribution in [0.1, 0.15) is 34.0 Å². The second kappa shape index (κ2) is 6.57. The van der Waals surface area contributed by atoms with E-state index in [0.29, 0.717) is 17.0 Å². The molecule has 0 fully saturated rings. The molecule has 0 aliphatic carbocycles. The maximum Gasteiger partial charge on any atom is 0.222 e. The minimum absolute atomic E-state index is 0.0330. The van der Waals surface area contributed by atoms with Crippen LogP contribution in [0.3, 0.4) is 0 Å². The summed E-state index contributed by atoms with van der Waals surface area (Å²) in [6.07, 6.45) is 1.40. The van der Waals surface area contributed by atoms with Crippen LogP contribution >= 0.6 is 11.6 Å². The predicted octanol–water partition coefficient (Wildman–Crippen LogP) is 2.72. The summed E-state index contributed by atoms with van der Waals surface area (Å²) in [4.78, 5) is 13.0. The van der Waals surface area contributed by atoms with Crippen LogP contribution in [0, 0.1) is 13.8 Å². The lowest BCUT2D eigenvalue weighted by Gasteiger charge is -2.14. The molecule has 0 N–H and O–H groups in total. The molecule has 6 nitrogen and oxygen atoms in total. The van der Waals surface area contributed by atoms with Crippen molar-refractivity contribution in [2.24, 2.45) is 7.05 Å². The zero-order chi connectivity index (χ0) is 18.2. The fourth-order valence-electron chi connectivity index (χ4n) is 2.70. The Labute approximate surface area is 146 Å². The van der Waals surface area contributed by atoms with Crippen molar-refractivity contribution in [2.75, 3.05) is 12.9 Å². The molecule has 1 heterocycles. The molecule has 0 spiro atoms. The minimum Gasteiger partial charge on any atom is -0.481 e. The molecule has 2 aromatic rings. The van der Waals surface area contributed by atoms with Crippen molar-refractivity contribution in [2.45, 2.75) is 25.7 Å². The number of hydrogen-bond acceptors (Lipinski definition) is 5. The maximum absolute atomic E-state index is 12.8. The van der Waals surface area contributed by atoms with Crippen LogP contribution in [0.4, 0.5) is 0 Å². The van der Waals surface area contributed by atoms with Crippen molar-refractivity contribution in [1.82, 2.24) is 9.78 Å². The molecule has 1 aromatic carbocycles. The quantitative estimate of drug-likeness (QED) is 0.756. The molecule has 0 atom stereocenters. The number of aromatic nitrogens is 2. The number of rotatable bonds is 5. The lowest BCUT2D eigenvalue weighted by molar-refractivity contribution is 0.103. The van der Waals surface area contributed by atoms with Gasteiger partial charge in [0.2, 0.25) is 11.7 Å². The van der Waals surface area contributed by atoms with E-state index in [4.69, 9.17) is 16.3 Å². The number of aryl methyl sites for hydroxylation is 2. The largest absolute Gasteiger partial charge is 0.481 e. The molecule has 2 rings (SSSR count). The van der Waals surface area contributed by atoms with Crippen LogP contribution in [0.5, 0.6) is 5.88 Å². The molecule has 0 amide bonds. The van der Waals surface area contributed by atoms with E-state index in [1.807, 2.05) is 0 Å². The summed E-state index contributed by atoms with van der Waals surface area (Å²) in [5, 5.41) is 4.14. The van der Waals surface area contributed by atoms with Gasteiger partial charge in [-0.1, -0.05) is 18.5 Å². The molecule has 0 radical (unpaired) electrons. The van der Waals surface area contributed by atoms with Crippen LogP contribution in [0.2, 0.25) is 5.02 Å². The predicted molar refractivity (Wildman–Crippen MR) is 91.8 cm³/mol. The van der Waals surface area contributed by atoms with Gasteiger partial charge in [0.05, 0.1) is 29.0 Å². The number of nitrogens with zero attached hydrogens (tertiary/aromatic N) is 2. The van der Waals surface area contributed by atoms with Gasteiger partial charge < -0.3 is 4.74 Å². The van der Waals surface area contributed by atoms with Gasteiger partial charge in [0.25, 0.3) is 0 Å². The molecular weight excluding hydrogens is 352 g/mol. The smallest absolute Gasteiger partial charge is 0.222 e. The fourth-order valence-corrected chi connectivity index (χ4v) is 4.40. The third-order valence-corrected chi connectivity index (χ3v) is 6.38. The van der Waals surface area contributed by atoms with Crippen LogP contribution in [0.25, 0.3) is 0 Å². The Balaban J connectivity index is 2.67.